The van der Waals surface area contributed by atoms with Crippen molar-refractivity contribution >= 4 is 22.4 Å². The molecule has 18 heavy (non-hydrogen) atoms. The van der Waals surface area contributed by atoms with Crippen molar-refractivity contribution in [1.29, 1.82) is 0 Å². The van der Waals surface area contributed by atoms with Crippen molar-refractivity contribution < 1.29 is 9.53 Å². The van der Waals surface area contributed by atoms with Gasteiger partial charge in [-0.2, -0.15) is 0 Å². The number of ether oxygens (including phenoxy) is 1. The Balaban J connectivity index is 2.07. The van der Waals surface area contributed by atoms with Gasteiger partial charge in [0.2, 0.25) is 0 Å². The van der Waals surface area contributed by atoms with Gasteiger partial charge in [-0.3, -0.25) is 0 Å². The van der Waals surface area contributed by atoms with E-state index in [0.717, 1.165) is 10.8 Å². The minimum atomic E-state index is -0.297. The molecule has 0 spiro atoms. The highest BCUT2D eigenvalue weighted by Gasteiger charge is 2.23. The summed E-state index contributed by atoms with van der Waals surface area (Å²) in [5.74, 6) is 0.374. The molecule has 1 fully saturated rings. The predicted molar refractivity (Wildman–Crippen MR) is 73.2 cm³/mol. The Morgan fingerprint density at radius 2 is 2.17 bits per heavy atom. The smallest absolute Gasteiger partial charge is 0.350 e. The maximum absolute atomic E-state index is 11.5. The van der Waals surface area contributed by atoms with E-state index < -0.39 is 0 Å². The molecule has 1 aliphatic rings. The van der Waals surface area contributed by atoms with Crippen molar-refractivity contribution in [2.75, 3.05) is 12.4 Å². The first-order valence-corrected chi connectivity index (χ1v) is 7.25. The first kappa shape index (κ1) is 13.3. The van der Waals surface area contributed by atoms with Crippen molar-refractivity contribution in [2.24, 2.45) is 5.92 Å². The van der Waals surface area contributed by atoms with Crippen molar-refractivity contribution in [2.45, 2.75) is 45.6 Å². The fourth-order valence-corrected chi connectivity index (χ4v) is 3.38. The molecule has 1 aliphatic carbocycles. The van der Waals surface area contributed by atoms with E-state index in [0.29, 0.717) is 16.8 Å². The van der Waals surface area contributed by atoms with E-state index in [4.69, 9.17) is 4.74 Å². The quantitative estimate of drug-likeness (QED) is 0.855. The van der Waals surface area contributed by atoms with E-state index in [2.05, 4.69) is 17.2 Å². The van der Waals surface area contributed by atoms with Crippen molar-refractivity contribution in [3.05, 3.63) is 10.6 Å². The minimum Gasteiger partial charge on any atom is -0.465 e. The van der Waals surface area contributed by atoms with Gasteiger partial charge in [0.15, 0.2) is 5.13 Å². The largest absolute Gasteiger partial charge is 0.465 e. The molecule has 2 unspecified atom stereocenters. The Morgan fingerprint density at radius 3 is 2.83 bits per heavy atom. The van der Waals surface area contributed by atoms with E-state index in [1.54, 1.807) is 0 Å². The molecule has 0 aromatic carbocycles. The molecular formula is C13H20N2O2S. The van der Waals surface area contributed by atoms with Crippen LogP contribution in [0.15, 0.2) is 0 Å². The summed E-state index contributed by atoms with van der Waals surface area (Å²) < 4.78 is 4.75. The number of methoxy groups -OCH3 is 1. The summed E-state index contributed by atoms with van der Waals surface area (Å²) in [6, 6.07) is 0.481. The van der Waals surface area contributed by atoms with Crippen LogP contribution in [-0.2, 0) is 4.74 Å². The van der Waals surface area contributed by atoms with Crippen LogP contribution in [0.5, 0.6) is 0 Å². The van der Waals surface area contributed by atoms with Crippen molar-refractivity contribution in [1.82, 2.24) is 4.98 Å². The molecule has 0 amide bonds. The minimum absolute atomic E-state index is 0.297. The number of thiazole rings is 1. The lowest BCUT2D eigenvalue weighted by molar-refractivity contribution is 0.0605. The summed E-state index contributed by atoms with van der Waals surface area (Å²) in [5, 5.41) is 4.31. The number of rotatable bonds is 3. The summed E-state index contributed by atoms with van der Waals surface area (Å²) >= 11 is 1.39. The zero-order chi connectivity index (χ0) is 13.1. The second kappa shape index (κ2) is 5.69. The SMILES string of the molecule is COC(=O)c1sc(NC2CCCCC2C)nc1C. The van der Waals surface area contributed by atoms with Crippen LogP contribution in [0.1, 0.15) is 48.0 Å². The fourth-order valence-electron chi connectivity index (χ4n) is 2.43. The number of hydrogen-bond donors (Lipinski definition) is 1. The number of esters is 1. The molecule has 100 valence electrons. The molecule has 1 N–H and O–H groups in total. The molecule has 5 heteroatoms. The van der Waals surface area contributed by atoms with Gasteiger partial charge in [-0.05, 0) is 25.7 Å². The number of carbonyl (C=O) groups excluding carboxylic acids is 1. The number of nitrogens with one attached hydrogen (secondary N) is 1. The van der Waals surface area contributed by atoms with E-state index in [-0.39, 0.29) is 5.97 Å². The van der Waals surface area contributed by atoms with Gasteiger partial charge in [0, 0.05) is 6.04 Å². The Bertz CT molecular complexity index is 431. The fraction of sp³-hybridized carbons (Fsp3) is 0.692. The summed E-state index contributed by atoms with van der Waals surface area (Å²) in [6.07, 6.45) is 5.05. The number of hydrogen-bond acceptors (Lipinski definition) is 5. The standard InChI is InChI=1S/C13H20N2O2S/c1-8-6-4-5-7-10(8)15-13-14-9(2)11(18-13)12(16)17-3/h8,10H,4-7H2,1-3H3,(H,14,15). The van der Waals surface area contributed by atoms with Gasteiger partial charge in [0.05, 0.1) is 12.8 Å². The van der Waals surface area contributed by atoms with Gasteiger partial charge in [-0.15, -0.1) is 0 Å². The molecule has 1 heterocycles. The van der Waals surface area contributed by atoms with Gasteiger partial charge in [0.1, 0.15) is 4.88 Å². The molecule has 1 aromatic rings. The molecule has 0 saturated heterocycles. The Kier molecular flexibility index (Phi) is 4.22. The van der Waals surface area contributed by atoms with Crippen molar-refractivity contribution in [3.8, 4) is 0 Å². The first-order chi connectivity index (χ1) is 8.61. The monoisotopic (exact) mass is 268 g/mol. The third-order valence-electron chi connectivity index (χ3n) is 3.59. The zero-order valence-electron chi connectivity index (χ0n) is 11.2. The van der Waals surface area contributed by atoms with Gasteiger partial charge < -0.3 is 10.1 Å². The van der Waals surface area contributed by atoms with Crippen LogP contribution in [0.2, 0.25) is 0 Å². The van der Waals surface area contributed by atoms with Crippen LogP contribution in [0.3, 0.4) is 0 Å². The lowest BCUT2D eigenvalue weighted by Crippen LogP contribution is -2.30. The Morgan fingerprint density at radius 1 is 1.44 bits per heavy atom. The van der Waals surface area contributed by atoms with Gasteiger partial charge in [-0.25, -0.2) is 9.78 Å². The average molecular weight is 268 g/mol. The molecule has 0 aliphatic heterocycles. The molecular weight excluding hydrogens is 248 g/mol. The predicted octanol–water partition coefficient (Wildman–Crippen LogP) is 3.23. The molecule has 1 aromatic heterocycles. The van der Waals surface area contributed by atoms with Gasteiger partial charge in [0.25, 0.3) is 0 Å². The van der Waals surface area contributed by atoms with Crippen LogP contribution in [-0.4, -0.2) is 24.1 Å². The summed E-state index contributed by atoms with van der Waals surface area (Å²) in [5.41, 5.74) is 0.748. The van der Waals surface area contributed by atoms with Crippen LogP contribution in [0.4, 0.5) is 5.13 Å². The van der Waals surface area contributed by atoms with Gasteiger partial charge in [-0.1, -0.05) is 31.1 Å². The normalized spacial score (nSPS) is 23.7. The summed E-state index contributed by atoms with van der Waals surface area (Å²) in [7, 11) is 1.40. The van der Waals surface area contributed by atoms with Crippen molar-refractivity contribution in [3.63, 3.8) is 0 Å². The highest BCUT2D eigenvalue weighted by Crippen LogP contribution is 2.29. The highest BCUT2D eigenvalue weighted by molar-refractivity contribution is 7.17. The van der Waals surface area contributed by atoms with E-state index in [1.807, 2.05) is 6.92 Å². The molecule has 1 saturated carbocycles. The third kappa shape index (κ3) is 2.83. The average Bonchev–Trinajstić information content (AvgIpc) is 2.72. The summed E-state index contributed by atoms with van der Waals surface area (Å²) in [4.78, 5) is 16.5. The number of nitrogens with zero attached hydrogens (tertiary/aromatic N) is 1. The highest BCUT2D eigenvalue weighted by atomic mass is 32.1. The van der Waals surface area contributed by atoms with E-state index in [9.17, 15) is 4.79 Å². The van der Waals surface area contributed by atoms with Crippen LogP contribution < -0.4 is 5.32 Å². The van der Waals surface area contributed by atoms with Crippen LogP contribution in [0, 0.1) is 12.8 Å². The summed E-state index contributed by atoms with van der Waals surface area (Å²) in [6.45, 7) is 4.12. The number of aromatic nitrogens is 1. The van der Waals surface area contributed by atoms with Crippen LogP contribution in [0.25, 0.3) is 0 Å². The maximum atomic E-state index is 11.5. The first-order valence-electron chi connectivity index (χ1n) is 6.44. The Hall–Kier alpha value is -1.10. The van der Waals surface area contributed by atoms with Crippen LogP contribution >= 0.6 is 11.3 Å². The lowest BCUT2D eigenvalue weighted by atomic mass is 9.86. The Labute approximate surface area is 112 Å². The number of carbonyl (C=O) groups is 1. The van der Waals surface area contributed by atoms with Gasteiger partial charge >= 0.3 is 5.97 Å². The topological polar surface area (TPSA) is 51.2 Å². The number of aryl methyl sites for hydroxylation is 1. The molecule has 2 rings (SSSR count). The zero-order valence-corrected chi connectivity index (χ0v) is 12.0. The molecule has 0 radical (unpaired) electrons. The molecule has 4 nitrogen and oxygen atoms in total. The maximum Gasteiger partial charge on any atom is 0.350 e. The second-order valence-corrected chi connectivity index (χ2v) is 5.94. The molecule has 0 bridgehead atoms. The third-order valence-corrected chi connectivity index (χ3v) is 4.66. The van der Waals surface area contributed by atoms with E-state index in [1.165, 1.54) is 44.1 Å². The second-order valence-electron chi connectivity index (χ2n) is 4.94. The number of anilines is 1. The van der Waals surface area contributed by atoms with E-state index >= 15 is 0 Å². The molecule has 2 atom stereocenters. The lowest BCUT2D eigenvalue weighted by Gasteiger charge is -2.29.